The highest BCUT2D eigenvalue weighted by atomic mass is 31.3. The summed E-state index contributed by atoms with van der Waals surface area (Å²) < 4.78 is 55.0. The molecule has 11 atom stereocenters. The third kappa shape index (κ3) is 8.67. The third-order valence-electron chi connectivity index (χ3n) is 6.05. The molecule has 2 aliphatic heterocycles. The number of phosphoric ester groups is 2. The first-order valence-electron chi connectivity index (χ1n) is 12.2. The minimum Gasteiger partial charge on any atom is -0.478 e. The Morgan fingerprint density at radius 1 is 1.09 bits per heavy atom. The number of ether oxygens (including phenoxy) is 3. The molecule has 1 amide bonds. The summed E-state index contributed by atoms with van der Waals surface area (Å²) in [5, 5.41) is 51.7. The average molecular weight is 677 g/mol. The number of carbonyl (C=O) groups excluding carboxylic acids is 1. The number of aliphatic hydroxyl groups excluding tert-OH is 4. The fourth-order valence-corrected chi connectivity index (χ4v) is 6.26. The fraction of sp³-hybridized carbons (Fsp3) is 0.600. The van der Waals surface area contributed by atoms with Crippen LogP contribution in [0.5, 0.6) is 0 Å². The smallest absolute Gasteiger partial charge is 0.478 e. The number of aromatic amines is 1. The zero-order valence-corrected chi connectivity index (χ0v) is 24.1. The molecule has 2 aliphatic rings. The van der Waals surface area contributed by atoms with E-state index in [2.05, 4.69) is 20.7 Å². The van der Waals surface area contributed by atoms with Gasteiger partial charge in [0.05, 0.1) is 13.2 Å². The number of carbonyl (C=O) groups is 2. The van der Waals surface area contributed by atoms with Crippen LogP contribution in [0.3, 0.4) is 0 Å². The lowest BCUT2D eigenvalue weighted by Gasteiger charge is -2.43. The minimum atomic E-state index is -5.76. The standard InChI is InChI=1S/C20H29N3O19P2/c1-7(18(30)31)38-16-12(21-8(2)25)19(40-9(5-24)14(16)28)41-44(35,36)42-43(33,34)37-6-10-13(27)15(29)17(39-10)23-4-3-11(26)22-20(23)32/h3-4,9-10,12-17,19,24,27-29H,1,5-6H2,2H3,(H,21,25)(H,30,31)(H,33,34)(H,35,36)(H,22,26,32)/t9-,10-,12-,13-,14-,15-,16-,17-,19-/m1/s1. The van der Waals surface area contributed by atoms with E-state index in [0.29, 0.717) is 4.57 Å². The lowest BCUT2D eigenvalue weighted by molar-refractivity contribution is -0.251. The molecule has 2 fully saturated rings. The number of nitrogens with zero attached hydrogens (tertiary/aromatic N) is 1. The molecule has 248 valence electrons. The van der Waals surface area contributed by atoms with Crippen LogP contribution in [-0.2, 0) is 46.3 Å². The molecule has 1 aromatic heterocycles. The van der Waals surface area contributed by atoms with Crippen molar-refractivity contribution in [2.75, 3.05) is 13.2 Å². The highest BCUT2D eigenvalue weighted by Gasteiger charge is 2.52. The predicted molar refractivity (Wildman–Crippen MR) is 136 cm³/mol. The van der Waals surface area contributed by atoms with E-state index < -0.39 is 113 Å². The summed E-state index contributed by atoms with van der Waals surface area (Å²) in [5.41, 5.74) is -1.80. The Bertz CT molecular complexity index is 1450. The Kier molecular flexibility index (Phi) is 11.4. The van der Waals surface area contributed by atoms with Crippen LogP contribution in [0, 0.1) is 0 Å². The van der Waals surface area contributed by atoms with E-state index in [-0.39, 0.29) is 0 Å². The number of aliphatic hydroxyl groups is 4. The first-order chi connectivity index (χ1) is 20.4. The first kappa shape index (κ1) is 35.7. The van der Waals surface area contributed by atoms with Crippen molar-refractivity contribution in [2.24, 2.45) is 0 Å². The van der Waals surface area contributed by atoms with Crippen LogP contribution in [0.2, 0.25) is 0 Å². The van der Waals surface area contributed by atoms with Crippen molar-refractivity contribution in [3.63, 3.8) is 0 Å². The monoisotopic (exact) mass is 677 g/mol. The number of phosphoric acid groups is 2. The van der Waals surface area contributed by atoms with Crippen LogP contribution in [0.25, 0.3) is 0 Å². The molecule has 2 unspecified atom stereocenters. The number of amides is 1. The van der Waals surface area contributed by atoms with E-state index in [1.165, 1.54) is 0 Å². The van der Waals surface area contributed by atoms with Gasteiger partial charge in [-0.2, -0.15) is 4.31 Å². The van der Waals surface area contributed by atoms with Gasteiger partial charge in [-0.05, 0) is 6.58 Å². The summed E-state index contributed by atoms with van der Waals surface area (Å²) in [5.74, 6) is -3.52. The zero-order valence-electron chi connectivity index (χ0n) is 22.3. The van der Waals surface area contributed by atoms with Crippen molar-refractivity contribution in [2.45, 2.75) is 62.1 Å². The van der Waals surface area contributed by atoms with Crippen molar-refractivity contribution in [1.29, 1.82) is 0 Å². The van der Waals surface area contributed by atoms with E-state index in [1.807, 2.05) is 4.98 Å². The molecule has 3 heterocycles. The first-order valence-corrected chi connectivity index (χ1v) is 15.2. The van der Waals surface area contributed by atoms with Crippen molar-refractivity contribution in [3.05, 3.63) is 45.4 Å². The van der Waals surface area contributed by atoms with Crippen molar-refractivity contribution in [1.82, 2.24) is 14.9 Å². The van der Waals surface area contributed by atoms with Gasteiger partial charge in [0.1, 0.15) is 36.6 Å². The predicted octanol–water partition coefficient (Wildman–Crippen LogP) is -4.03. The number of rotatable bonds is 13. The zero-order chi connectivity index (χ0) is 33.1. The van der Waals surface area contributed by atoms with Crippen LogP contribution in [0.15, 0.2) is 34.2 Å². The lowest BCUT2D eigenvalue weighted by Crippen LogP contribution is -2.65. The highest BCUT2D eigenvalue weighted by molar-refractivity contribution is 7.61. The van der Waals surface area contributed by atoms with Gasteiger partial charge in [0.25, 0.3) is 5.56 Å². The average Bonchev–Trinajstić information content (AvgIpc) is 3.18. The number of nitrogens with one attached hydrogen (secondary N) is 2. The lowest BCUT2D eigenvalue weighted by atomic mass is 9.96. The molecule has 44 heavy (non-hydrogen) atoms. The quantitative estimate of drug-likeness (QED) is 0.0545. The van der Waals surface area contributed by atoms with E-state index in [4.69, 9.17) is 23.8 Å². The van der Waals surface area contributed by atoms with E-state index >= 15 is 0 Å². The van der Waals surface area contributed by atoms with Gasteiger partial charge in [0.15, 0.2) is 24.4 Å². The van der Waals surface area contributed by atoms with Crippen molar-refractivity contribution >= 4 is 27.5 Å². The Hall–Kier alpha value is -2.82. The molecule has 24 heteroatoms. The van der Waals surface area contributed by atoms with Gasteiger partial charge < -0.3 is 54.8 Å². The van der Waals surface area contributed by atoms with Crippen molar-refractivity contribution in [3.8, 4) is 0 Å². The summed E-state index contributed by atoms with van der Waals surface area (Å²) >= 11 is 0. The highest BCUT2D eigenvalue weighted by Crippen LogP contribution is 2.61. The molecule has 3 rings (SSSR count). The Balaban J connectivity index is 1.72. The summed E-state index contributed by atoms with van der Waals surface area (Å²) in [7, 11) is -11.4. The molecule has 2 saturated heterocycles. The summed E-state index contributed by atoms with van der Waals surface area (Å²) in [6.07, 6.45) is -13.5. The Morgan fingerprint density at radius 3 is 2.32 bits per heavy atom. The normalized spacial score (nSPS) is 33.1. The molecule has 0 saturated carbocycles. The largest absolute Gasteiger partial charge is 0.483 e. The molecule has 1 aromatic rings. The topological polar surface area (TPSA) is 332 Å². The van der Waals surface area contributed by atoms with E-state index in [1.54, 1.807) is 0 Å². The van der Waals surface area contributed by atoms with Gasteiger partial charge in [-0.25, -0.2) is 18.7 Å². The maximum absolute atomic E-state index is 12.7. The second kappa shape index (κ2) is 14.1. The van der Waals surface area contributed by atoms with Gasteiger partial charge in [-0.1, -0.05) is 0 Å². The molecule has 9 N–H and O–H groups in total. The van der Waals surface area contributed by atoms with Crippen molar-refractivity contribution < 1.29 is 81.6 Å². The molecule has 0 bridgehead atoms. The molecular formula is C20H29N3O19P2. The molecule has 22 nitrogen and oxygen atoms in total. The fourth-order valence-electron chi connectivity index (χ4n) is 4.10. The number of hydrogen-bond acceptors (Lipinski definition) is 16. The van der Waals surface area contributed by atoms with E-state index in [0.717, 1.165) is 19.2 Å². The molecular weight excluding hydrogens is 648 g/mol. The third-order valence-corrected chi connectivity index (χ3v) is 8.65. The summed E-state index contributed by atoms with van der Waals surface area (Å²) in [4.78, 5) is 68.4. The van der Waals surface area contributed by atoms with Crippen LogP contribution in [-0.4, -0.2) is 119 Å². The second-order valence-electron chi connectivity index (χ2n) is 9.24. The number of hydrogen-bond donors (Lipinski definition) is 9. The van der Waals surface area contributed by atoms with Crippen LogP contribution >= 0.6 is 15.6 Å². The molecule has 0 aliphatic carbocycles. The van der Waals surface area contributed by atoms with Gasteiger partial charge in [0.2, 0.25) is 5.91 Å². The Labute approximate surface area is 245 Å². The summed E-state index contributed by atoms with van der Waals surface area (Å²) in [6.45, 7) is 1.98. The van der Waals surface area contributed by atoms with Gasteiger partial charge in [0, 0.05) is 19.2 Å². The minimum absolute atomic E-state index is 0.703. The van der Waals surface area contributed by atoms with E-state index in [9.17, 15) is 58.5 Å². The number of carboxylic acids is 1. The van der Waals surface area contributed by atoms with Gasteiger partial charge in [-0.3, -0.25) is 28.2 Å². The summed E-state index contributed by atoms with van der Waals surface area (Å²) in [6, 6.07) is -0.893. The van der Waals surface area contributed by atoms with Crippen LogP contribution in [0.4, 0.5) is 0 Å². The maximum atomic E-state index is 12.7. The Morgan fingerprint density at radius 2 is 1.75 bits per heavy atom. The number of carboxylic acid groups (broad SMARTS) is 1. The van der Waals surface area contributed by atoms with Gasteiger partial charge >= 0.3 is 27.3 Å². The maximum Gasteiger partial charge on any atom is 0.483 e. The molecule has 0 aromatic carbocycles. The molecule has 0 radical (unpaired) electrons. The second-order valence-corrected chi connectivity index (χ2v) is 12.2. The number of aromatic nitrogens is 2. The van der Waals surface area contributed by atoms with Crippen LogP contribution < -0.4 is 16.6 Å². The van der Waals surface area contributed by atoms with Gasteiger partial charge in [-0.15, -0.1) is 0 Å². The number of aliphatic carboxylic acids is 1. The number of H-pyrrole nitrogens is 1. The van der Waals surface area contributed by atoms with Crippen LogP contribution in [0.1, 0.15) is 13.2 Å². The SMILES string of the molecule is C=C(O[C@H]1[C@H](O)[C@@H](CO)O[C@H](OP(=O)(O)OP(=O)(O)OC[C@H]2O[C@@H](n3ccc(=O)[nH]c3=O)[C@H](O)[C@@H]2O)[C@@H]1NC(C)=O)C(=O)O. The molecule has 0 spiro atoms.